The number of halogens is 4. The number of hydrogen-bond acceptors (Lipinski definition) is 4. The molecule has 252 valence electrons. The Morgan fingerprint density at radius 3 is 1.17 bits per heavy atom. The minimum atomic E-state index is 0.731. The van der Waals surface area contributed by atoms with Crippen molar-refractivity contribution in [2.24, 2.45) is 0 Å². The van der Waals surface area contributed by atoms with E-state index in [0.717, 1.165) is 63.7 Å². The molecular weight excluding hydrogens is 779 g/mol. The Morgan fingerprint density at radius 1 is 0.500 bits per heavy atom. The molecule has 8 heteroatoms. The largest absolute Gasteiger partial charge is 0.234 e. The Hall–Kier alpha value is -0.500. The van der Waals surface area contributed by atoms with Crippen LogP contribution in [0.4, 0.5) is 0 Å². The molecule has 0 fully saturated rings. The third kappa shape index (κ3) is 11.8. The first-order chi connectivity index (χ1) is 22.4. The fourth-order valence-electron chi connectivity index (χ4n) is 6.05. The summed E-state index contributed by atoms with van der Waals surface area (Å²) in [6, 6.07) is 8.45. The number of fused-ring (bicyclic) bond motifs is 1. The zero-order chi connectivity index (χ0) is 32.7. The molecule has 0 aliphatic rings. The van der Waals surface area contributed by atoms with Gasteiger partial charge in [0.1, 0.15) is 9.21 Å². The van der Waals surface area contributed by atoms with Crippen molar-refractivity contribution < 1.29 is 0 Å². The number of unbranched alkanes of at least 4 members (excludes halogenated alkanes) is 16. The van der Waals surface area contributed by atoms with Crippen LogP contribution in [0.2, 0.25) is 10.0 Å². The average molecular weight is 830 g/mol. The van der Waals surface area contributed by atoms with Crippen LogP contribution in [0.1, 0.15) is 139 Å². The average Bonchev–Trinajstić information content (AvgIpc) is 3.59. The number of aromatic nitrogens is 2. The maximum Gasteiger partial charge on any atom is 0.125 e. The molecule has 0 atom stereocenters. The van der Waals surface area contributed by atoms with Crippen LogP contribution in [0.5, 0.6) is 0 Å². The maximum absolute atomic E-state index is 6.93. The molecule has 0 saturated heterocycles. The Bertz CT molecular complexity index is 1390. The van der Waals surface area contributed by atoms with Crippen molar-refractivity contribution in [2.45, 2.75) is 142 Å². The summed E-state index contributed by atoms with van der Waals surface area (Å²) >= 11 is 24.8. The van der Waals surface area contributed by atoms with Gasteiger partial charge in [-0.25, -0.2) is 9.97 Å². The van der Waals surface area contributed by atoms with Gasteiger partial charge in [0.05, 0.1) is 19.8 Å². The zero-order valence-corrected chi connectivity index (χ0v) is 34.0. The van der Waals surface area contributed by atoms with Crippen molar-refractivity contribution >= 4 is 88.5 Å². The van der Waals surface area contributed by atoms with Gasteiger partial charge in [-0.15, -0.1) is 22.7 Å². The van der Waals surface area contributed by atoms with Gasteiger partial charge in [-0.2, -0.15) is 0 Å². The van der Waals surface area contributed by atoms with Crippen LogP contribution in [0.15, 0.2) is 33.5 Å². The first kappa shape index (κ1) is 38.3. The van der Waals surface area contributed by atoms with Gasteiger partial charge in [-0.1, -0.05) is 140 Å². The van der Waals surface area contributed by atoms with Crippen molar-refractivity contribution in [1.29, 1.82) is 0 Å². The molecule has 0 radical (unpaired) electrons. The molecule has 2 aromatic carbocycles. The zero-order valence-electron chi connectivity index (χ0n) is 27.7. The smallest absolute Gasteiger partial charge is 0.125 e. The van der Waals surface area contributed by atoms with Gasteiger partial charge >= 0.3 is 0 Å². The van der Waals surface area contributed by atoms with Crippen LogP contribution < -0.4 is 0 Å². The van der Waals surface area contributed by atoms with E-state index in [1.165, 1.54) is 126 Å². The third-order valence-electron chi connectivity index (χ3n) is 8.75. The van der Waals surface area contributed by atoms with E-state index in [1.807, 2.05) is 0 Å². The van der Waals surface area contributed by atoms with Gasteiger partial charge in [0.15, 0.2) is 0 Å². The molecule has 0 bridgehead atoms. The first-order valence-corrected chi connectivity index (χ1v) is 21.6. The highest BCUT2D eigenvalue weighted by molar-refractivity contribution is 9.10. The van der Waals surface area contributed by atoms with Crippen LogP contribution in [0.25, 0.3) is 31.7 Å². The number of thiazole rings is 2. The summed E-state index contributed by atoms with van der Waals surface area (Å²) in [6.45, 7) is 4.55. The predicted molar refractivity (Wildman–Crippen MR) is 213 cm³/mol. The molecule has 2 nitrogen and oxygen atoms in total. The molecule has 0 unspecified atom stereocenters. The van der Waals surface area contributed by atoms with E-state index in [0.29, 0.717) is 0 Å². The Balaban J connectivity index is 1.35. The van der Waals surface area contributed by atoms with Crippen LogP contribution in [-0.2, 0) is 12.8 Å². The summed E-state index contributed by atoms with van der Waals surface area (Å²) < 4.78 is 1.75. The molecule has 4 aromatic rings. The van der Waals surface area contributed by atoms with Gasteiger partial charge < -0.3 is 0 Å². The summed E-state index contributed by atoms with van der Waals surface area (Å²) in [4.78, 5) is 11.9. The number of nitrogens with zero attached hydrogens (tertiary/aromatic N) is 2. The molecule has 0 aliphatic heterocycles. The van der Waals surface area contributed by atoms with Crippen molar-refractivity contribution in [1.82, 2.24) is 9.97 Å². The fourth-order valence-corrected chi connectivity index (χ4v) is 10.3. The summed E-state index contributed by atoms with van der Waals surface area (Å²) in [7, 11) is 0. The molecular formula is C38H50Br2Cl2N2S2. The van der Waals surface area contributed by atoms with Gasteiger partial charge in [0, 0.05) is 21.2 Å². The minimum Gasteiger partial charge on any atom is -0.234 e. The van der Waals surface area contributed by atoms with Crippen molar-refractivity contribution in [3.63, 3.8) is 0 Å². The highest BCUT2D eigenvalue weighted by Gasteiger charge is 2.18. The SMILES string of the molecule is CCCCCCCCCCCc1nc(Br)c(-c2cc3cc(Cl)c(-c4sc(CCCCCCCCCCC)nc4Br)cc3cc2Cl)s1. The van der Waals surface area contributed by atoms with E-state index < -0.39 is 0 Å². The summed E-state index contributed by atoms with van der Waals surface area (Å²) in [6.07, 6.45) is 26.0. The van der Waals surface area contributed by atoms with Gasteiger partial charge in [0.2, 0.25) is 0 Å². The van der Waals surface area contributed by atoms with Crippen molar-refractivity contribution in [3.8, 4) is 20.9 Å². The van der Waals surface area contributed by atoms with E-state index in [9.17, 15) is 0 Å². The van der Waals surface area contributed by atoms with E-state index >= 15 is 0 Å². The van der Waals surface area contributed by atoms with Crippen LogP contribution in [0, 0.1) is 0 Å². The lowest BCUT2D eigenvalue weighted by Crippen LogP contribution is -1.85. The van der Waals surface area contributed by atoms with Crippen LogP contribution in [0.3, 0.4) is 0 Å². The minimum absolute atomic E-state index is 0.731. The molecule has 46 heavy (non-hydrogen) atoms. The Labute approximate surface area is 312 Å². The highest BCUT2D eigenvalue weighted by Crippen LogP contribution is 2.44. The topological polar surface area (TPSA) is 25.8 Å². The lowest BCUT2D eigenvalue weighted by Gasteiger charge is -2.09. The highest BCUT2D eigenvalue weighted by atomic mass is 79.9. The standard InChI is InChI=1S/C38H50Br2Cl2N2S2/c1-3-5-7-9-11-13-15-17-19-21-33-43-37(39)35(45-33)29-23-27-26-32(42)30(24-28(27)25-31(29)41)36-38(40)44-34(46-36)22-20-18-16-14-12-10-8-6-4-2/h23-26H,3-22H2,1-2H3. The number of aryl methyl sites for hydroxylation is 2. The molecule has 0 spiro atoms. The Kier molecular flexibility index (Phi) is 17.4. The van der Waals surface area contributed by atoms with E-state index in [-0.39, 0.29) is 0 Å². The number of benzene rings is 2. The third-order valence-corrected chi connectivity index (χ3v) is 13.3. The second-order valence-electron chi connectivity index (χ2n) is 12.6. The van der Waals surface area contributed by atoms with Crippen LogP contribution in [-0.4, -0.2) is 9.97 Å². The van der Waals surface area contributed by atoms with Gasteiger partial charge in [-0.3, -0.25) is 0 Å². The lowest BCUT2D eigenvalue weighted by atomic mass is 10.0. The molecule has 2 heterocycles. The van der Waals surface area contributed by atoms with E-state index in [2.05, 4.69) is 70.0 Å². The quantitative estimate of drug-likeness (QED) is 0.0738. The second kappa shape index (κ2) is 20.9. The van der Waals surface area contributed by atoms with Crippen molar-refractivity contribution in [2.75, 3.05) is 0 Å². The number of hydrogen-bond donors (Lipinski definition) is 0. The van der Waals surface area contributed by atoms with Crippen LogP contribution >= 0.6 is 77.7 Å². The predicted octanol–water partition coefficient (Wildman–Crippen LogP) is 16.1. The van der Waals surface area contributed by atoms with Gasteiger partial charge in [-0.05, 0) is 92.6 Å². The first-order valence-electron chi connectivity index (χ1n) is 17.6. The maximum atomic E-state index is 6.93. The number of rotatable bonds is 22. The Morgan fingerprint density at radius 2 is 0.826 bits per heavy atom. The lowest BCUT2D eigenvalue weighted by molar-refractivity contribution is 0.564. The monoisotopic (exact) mass is 826 g/mol. The summed E-state index contributed by atoms with van der Waals surface area (Å²) in [5.74, 6) is 0. The fraction of sp³-hybridized carbons (Fsp3) is 0.579. The molecule has 0 amide bonds. The van der Waals surface area contributed by atoms with E-state index in [4.69, 9.17) is 33.2 Å². The van der Waals surface area contributed by atoms with Gasteiger partial charge in [0.25, 0.3) is 0 Å². The molecule has 4 rings (SSSR count). The molecule has 2 aromatic heterocycles. The second-order valence-corrected chi connectivity index (χ2v) is 17.1. The molecule has 0 N–H and O–H groups in total. The summed E-state index contributed by atoms with van der Waals surface area (Å²) in [5.41, 5.74) is 2.01. The summed E-state index contributed by atoms with van der Waals surface area (Å²) in [5, 5.41) is 5.95. The molecule has 0 saturated carbocycles. The molecule has 0 aliphatic carbocycles. The van der Waals surface area contributed by atoms with E-state index in [1.54, 1.807) is 22.7 Å². The normalized spacial score (nSPS) is 11.7. The van der Waals surface area contributed by atoms with Crippen molar-refractivity contribution in [3.05, 3.63) is 53.5 Å².